The van der Waals surface area contributed by atoms with Crippen molar-refractivity contribution in [1.82, 2.24) is 0 Å². The third-order valence-electron chi connectivity index (χ3n) is 5.12. The van der Waals surface area contributed by atoms with E-state index in [1.54, 1.807) is 0 Å². The van der Waals surface area contributed by atoms with Crippen molar-refractivity contribution in [2.75, 3.05) is 0 Å². The van der Waals surface area contributed by atoms with Gasteiger partial charge in [-0.2, -0.15) is 0 Å². The van der Waals surface area contributed by atoms with Crippen LogP contribution in [0.1, 0.15) is 22.3 Å². The van der Waals surface area contributed by atoms with Crippen LogP contribution in [0.5, 0.6) is 0 Å². The van der Waals surface area contributed by atoms with Gasteiger partial charge in [0.1, 0.15) is 0 Å². The number of hydrogen-bond acceptors (Lipinski definition) is 0. The molecule has 0 saturated carbocycles. The van der Waals surface area contributed by atoms with Crippen LogP contribution < -0.4 is 0 Å². The van der Waals surface area contributed by atoms with Gasteiger partial charge >= 0.3 is 0 Å². The van der Waals surface area contributed by atoms with E-state index in [4.69, 9.17) is 0 Å². The molecule has 0 saturated heterocycles. The monoisotopic (exact) mass is 410 g/mol. The largest absolute Gasteiger partial charge is 0.0622 e. The third kappa shape index (κ3) is 6.17. The Balaban J connectivity index is 1.63. The minimum atomic E-state index is 1.18. The molecule has 0 atom stereocenters. The van der Waals surface area contributed by atoms with Crippen LogP contribution in [-0.2, 0) is 0 Å². The Kier molecular flexibility index (Phi) is 7.44. The van der Waals surface area contributed by atoms with Crippen molar-refractivity contribution in [1.29, 1.82) is 0 Å². The van der Waals surface area contributed by atoms with E-state index in [1.807, 2.05) is 24.3 Å². The van der Waals surface area contributed by atoms with E-state index in [9.17, 15) is 0 Å². The Morgan fingerprint density at radius 3 is 1.03 bits per heavy atom. The first-order valence-electron chi connectivity index (χ1n) is 10.9. The van der Waals surface area contributed by atoms with E-state index >= 15 is 0 Å². The Bertz CT molecular complexity index is 1110. The second kappa shape index (κ2) is 11.3. The van der Waals surface area contributed by atoms with E-state index in [-0.39, 0.29) is 0 Å². The van der Waals surface area contributed by atoms with Gasteiger partial charge in [0.15, 0.2) is 0 Å². The van der Waals surface area contributed by atoms with Crippen molar-refractivity contribution in [3.8, 4) is 0 Å². The van der Waals surface area contributed by atoms with Gasteiger partial charge in [-0.3, -0.25) is 0 Å². The van der Waals surface area contributed by atoms with Crippen molar-refractivity contribution in [3.05, 3.63) is 168 Å². The molecule has 0 nitrogen and oxygen atoms in total. The van der Waals surface area contributed by atoms with Gasteiger partial charge in [-0.1, -0.05) is 146 Å². The zero-order chi connectivity index (χ0) is 21.8. The summed E-state index contributed by atoms with van der Waals surface area (Å²) >= 11 is 0. The molecule has 0 aromatic heterocycles. The van der Waals surface area contributed by atoms with Gasteiger partial charge in [0.2, 0.25) is 0 Å². The summed E-state index contributed by atoms with van der Waals surface area (Å²) in [6.45, 7) is 0. The van der Waals surface area contributed by atoms with E-state index in [0.717, 1.165) is 0 Å². The van der Waals surface area contributed by atoms with Crippen LogP contribution in [0.2, 0.25) is 0 Å². The van der Waals surface area contributed by atoms with Crippen LogP contribution in [0.3, 0.4) is 0 Å². The second-order valence-corrected chi connectivity index (χ2v) is 7.47. The summed E-state index contributed by atoms with van der Waals surface area (Å²) in [5.74, 6) is 0. The molecule has 0 heterocycles. The fourth-order valence-electron chi connectivity index (χ4n) is 3.49. The first-order valence-corrected chi connectivity index (χ1v) is 10.9. The highest BCUT2D eigenvalue weighted by Gasteiger charge is 1.99. The molecule has 32 heavy (non-hydrogen) atoms. The van der Waals surface area contributed by atoms with Gasteiger partial charge in [-0.05, 0) is 45.6 Å². The summed E-state index contributed by atoms with van der Waals surface area (Å²) in [4.78, 5) is 0. The van der Waals surface area contributed by atoms with Gasteiger partial charge in [0, 0.05) is 0 Å². The van der Waals surface area contributed by atoms with Gasteiger partial charge < -0.3 is 0 Å². The van der Waals surface area contributed by atoms with Crippen LogP contribution in [0.25, 0.3) is 23.3 Å². The zero-order valence-corrected chi connectivity index (χ0v) is 18.0. The average molecular weight is 411 g/mol. The molecule has 0 aliphatic carbocycles. The van der Waals surface area contributed by atoms with Crippen LogP contribution >= 0.6 is 0 Å². The highest BCUT2D eigenvalue weighted by atomic mass is 14.0. The predicted octanol–water partition coefficient (Wildman–Crippen LogP) is 8.58. The maximum Gasteiger partial charge on any atom is -0.0178 e. The van der Waals surface area contributed by atoms with Gasteiger partial charge in [0.25, 0.3) is 0 Å². The molecule has 0 N–H and O–H groups in total. The normalized spacial score (nSPS) is 12.5. The van der Waals surface area contributed by atoms with Crippen LogP contribution in [0.4, 0.5) is 0 Å². The van der Waals surface area contributed by atoms with Crippen molar-refractivity contribution >= 4 is 23.3 Å². The van der Waals surface area contributed by atoms with E-state index in [2.05, 4.69) is 134 Å². The molecule has 0 fully saturated rings. The quantitative estimate of drug-likeness (QED) is 0.211. The summed E-state index contributed by atoms with van der Waals surface area (Å²) in [6, 6.07) is 41.9. The highest BCUT2D eigenvalue weighted by Crippen LogP contribution is 2.22. The van der Waals surface area contributed by atoms with Crippen molar-refractivity contribution in [2.45, 2.75) is 0 Å². The molecule has 0 unspecified atom stereocenters. The van der Waals surface area contributed by atoms with E-state index in [0.29, 0.717) is 0 Å². The molecule has 4 aromatic carbocycles. The molecule has 0 amide bonds. The number of hydrogen-bond donors (Lipinski definition) is 0. The third-order valence-corrected chi connectivity index (χ3v) is 5.12. The summed E-state index contributed by atoms with van der Waals surface area (Å²) in [5.41, 5.74) is 7.13. The molecular weight excluding hydrogens is 384 g/mol. The molecule has 154 valence electrons. The lowest BCUT2D eigenvalue weighted by Crippen LogP contribution is -1.82. The fourth-order valence-corrected chi connectivity index (χ4v) is 3.49. The molecule has 4 aromatic rings. The number of benzene rings is 4. The molecule has 0 heteroatoms. The minimum Gasteiger partial charge on any atom is -0.0622 e. The summed E-state index contributed by atoms with van der Waals surface area (Å²) in [7, 11) is 0. The lowest BCUT2D eigenvalue weighted by Gasteiger charge is -2.04. The fraction of sp³-hybridized carbons (Fsp3) is 0. The van der Waals surface area contributed by atoms with E-state index in [1.165, 1.54) is 33.4 Å². The molecule has 0 aliphatic heterocycles. The van der Waals surface area contributed by atoms with Crippen molar-refractivity contribution in [2.24, 2.45) is 0 Å². The molecule has 0 radical (unpaired) electrons. The van der Waals surface area contributed by atoms with Crippen LogP contribution in [0.15, 0.2) is 146 Å². The lowest BCUT2D eigenvalue weighted by molar-refractivity contribution is 1.61. The zero-order valence-electron chi connectivity index (χ0n) is 18.0. The second-order valence-electron chi connectivity index (χ2n) is 7.47. The smallest absolute Gasteiger partial charge is 0.0178 e. The predicted molar refractivity (Wildman–Crippen MR) is 140 cm³/mol. The molecule has 4 rings (SSSR count). The standard InChI is InChI=1S/C32H26/c1-5-15-27(16-6-1)25-31(29-19-9-3-10-20-29)23-13-14-24-32(30-21-11-4-12-22-30)26-28-17-7-2-8-18-28/h1-26H/b23-13+,24-14+,31-25-,32-26-. The van der Waals surface area contributed by atoms with Crippen LogP contribution in [0, 0.1) is 0 Å². The first kappa shape index (κ1) is 21.1. The maximum atomic E-state index is 2.22. The highest BCUT2D eigenvalue weighted by molar-refractivity contribution is 5.89. The van der Waals surface area contributed by atoms with Crippen molar-refractivity contribution < 1.29 is 0 Å². The average Bonchev–Trinajstić information content (AvgIpc) is 2.87. The topological polar surface area (TPSA) is 0 Å². The number of rotatable bonds is 7. The lowest BCUT2D eigenvalue weighted by atomic mass is 10.0. The van der Waals surface area contributed by atoms with Crippen molar-refractivity contribution in [3.63, 3.8) is 0 Å². The maximum absolute atomic E-state index is 2.22. The van der Waals surface area contributed by atoms with Gasteiger partial charge in [-0.25, -0.2) is 0 Å². The Morgan fingerprint density at radius 2 is 0.688 bits per heavy atom. The molecular formula is C32H26. The van der Waals surface area contributed by atoms with Crippen LogP contribution in [-0.4, -0.2) is 0 Å². The first-order chi connectivity index (χ1) is 15.9. The summed E-state index contributed by atoms with van der Waals surface area (Å²) in [5, 5.41) is 0. The molecule has 0 aliphatic rings. The summed E-state index contributed by atoms with van der Waals surface area (Å²) in [6.07, 6.45) is 13.0. The Labute approximate surface area is 191 Å². The minimum absolute atomic E-state index is 1.18. The molecule has 0 bridgehead atoms. The number of allylic oxidation sites excluding steroid dienone is 6. The van der Waals surface area contributed by atoms with E-state index < -0.39 is 0 Å². The summed E-state index contributed by atoms with van der Waals surface area (Å²) < 4.78 is 0. The Morgan fingerprint density at radius 1 is 0.375 bits per heavy atom. The molecule has 0 spiro atoms. The van der Waals surface area contributed by atoms with Gasteiger partial charge in [0.05, 0.1) is 0 Å². The SMILES string of the molecule is C(=C(/C=C/C=C/C(=C/c1ccccc1)c1ccccc1)c1ccccc1)\c1ccccc1. The van der Waals surface area contributed by atoms with Gasteiger partial charge in [-0.15, -0.1) is 0 Å². The Hall–Kier alpha value is -4.16.